The second-order valence-electron chi connectivity index (χ2n) is 6.30. The van der Waals surface area contributed by atoms with Crippen molar-refractivity contribution in [2.45, 2.75) is 19.1 Å². The molecule has 2 aromatic carbocycles. The highest BCUT2D eigenvalue weighted by atomic mass is 16.5. The van der Waals surface area contributed by atoms with Crippen LogP contribution in [-0.4, -0.2) is 27.8 Å². The minimum Gasteiger partial charge on any atom is -0.493 e. The number of carbonyl (C=O) groups is 1. The number of nitrogens with zero attached hydrogens (tertiary/aromatic N) is 4. The fourth-order valence-electron chi connectivity index (χ4n) is 3.11. The van der Waals surface area contributed by atoms with E-state index in [0.717, 1.165) is 11.1 Å². The summed E-state index contributed by atoms with van der Waals surface area (Å²) in [5.41, 5.74) is 2.43. The zero-order valence-corrected chi connectivity index (χ0v) is 15.1. The molecule has 1 N–H and O–H groups in total. The lowest BCUT2D eigenvalue weighted by Crippen LogP contribution is -2.29. The molecule has 0 saturated heterocycles. The van der Waals surface area contributed by atoms with E-state index >= 15 is 0 Å². The summed E-state index contributed by atoms with van der Waals surface area (Å²) in [6.07, 6.45) is 1.69. The molecule has 1 aliphatic rings. The van der Waals surface area contributed by atoms with Crippen LogP contribution in [0.1, 0.15) is 29.2 Å². The number of nitrogens with one attached hydrogen (secondary N) is 1. The van der Waals surface area contributed by atoms with Gasteiger partial charge in [0, 0.05) is 0 Å². The molecule has 28 heavy (non-hydrogen) atoms. The van der Waals surface area contributed by atoms with Crippen molar-refractivity contribution >= 4 is 11.9 Å². The predicted octanol–water partition coefficient (Wildman–Crippen LogP) is 2.67. The monoisotopic (exact) mass is 375 g/mol. The maximum Gasteiger partial charge on any atom is 0.229 e. The maximum absolute atomic E-state index is 12.0. The Hall–Kier alpha value is -3.86. The van der Waals surface area contributed by atoms with Crippen molar-refractivity contribution in [3.8, 4) is 17.6 Å². The van der Waals surface area contributed by atoms with Gasteiger partial charge in [0.1, 0.15) is 12.9 Å². The first kappa shape index (κ1) is 17.5. The van der Waals surface area contributed by atoms with E-state index in [9.17, 15) is 4.79 Å². The average Bonchev–Trinajstić information content (AvgIpc) is 3.20. The summed E-state index contributed by atoms with van der Waals surface area (Å²) >= 11 is 0. The first-order valence-corrected chi connectivity index (χ1v) is 8.67. The second-order valence-corrected chi connectivity index (χ2v) is 6.30. The summed E-state index contributed by atoms with van der Waals surface area (Å²) in [6, 6.07) is 14.6. The largest absolute Gasteiger partial charge is 0.493 e. The molecule has 0 fully saturated rings. The minimum atomic E-state index is -0.257. The Morgan fingerprint density at radius 2 is 2.07 bits per heavy atom. The molecular formula is C20H17N5O3. The van der Waals surface area contributed by atoms with Crippen molar-refractivity contribution in [2.24, 2.45) is 0 Å². The van der Waals surface area contributed by atoms with E-state index in [1.807, 2.05) is 30.3 Å². The Kier molecular flexibility index (Phi) is 4.64. The molecule has 140 valence electrons. The second kappa shape index (κ2) is 7.40. The van der Waals surface area contributed by atoms with Crippen LogP contribution in [0.5, 0.6) is 11.5 Å². The summed E-state index contributed by atoms with van der Waals surface area (Å²) in [4.78, 5) is 16.0. The van der Waals surface area contributed by atoms with Gasteiger partial charge >= 0.3 is 0 Å². The Balaban J connectivity index is 1.55. The number of ether oxygens (including phenoxy) is 2. The molecule has 1 aliphatic heterocycles. The topological polar surface area (TPSA) is 102 Å². The highest BCUT2D eigenvalue weighted by Crippen LogP contribution is 2.35. The number of methoxy groups -OCH3 is 1. The van der Waals surface area contributed by atoms with Crippen LogP contribution in [-0.2, 0) is 11.4 Å². The summed E-state index contributed by atoms with van der Waals surface area (Å²) in [7, 11) is 1.57. The zero-order valence-electron chi connectivity index (χ0n) is 15.1. The van der Waals surface area contributed by atoms with Gasteiger partial charge in [0.2, 0.25) is 11.9 Å². The van der Waals surface area contributed by atoms with E-state index in [1.54, 1.807) is 23.9 Å². The van der Waals surface area contributed by atoms with Crippen molar-refractivity contribution in [2.75, 3.05) is 12.4 Å². The summed E-state index contributed by atoms with van der Waals surface area (Å²) in [6.45, 7) is 0.348. The van der Waals surface area contributed by atoms with Gasteiger partial charge in [0.25, 0.3) is 0 Å². The van der Waals surface area contributed by atoms with Crippen molar-refractivity contribution < 1.29 is 14.3 Å². The van der Waals surface area contributed by atoms with Crippen LogP contribution in [0.2, 0.25) is 0 Å². The lowest BCUT2D eigenvalue weighted by molar-refractivity contribution is -0.117. The molecular weight excluding hydrogens is 358 g/mol. The van der Waals surface area contributed by atoms with Gasteiger partial charge < -0.3 is 9.47 Å². The molecule has 1 amide bonds. The molecule has 8 heteroatoms. The number of hydrogen-bond acceptors (Lipinski definition) is 6. The van der Waals surface area contributed by atoms with Gasteiger partial charge in [-0.05, 0) is 35.4 Å². The van der Waals surface area contributed by atoms with E-state index in [-0.39, 0.29) is 18.4 Å². The van der Waals surface area contributed by atoms with Crippen LogP contribution in [0.4, 0.5) is 5.95 Å². The van der Waals surface area contributed by atoms with Crippen LogP contribution >= 0.6 is 0 Å². The molecule has 2 heterocycles. The Bertz CT molecular complexity index is 1050. The number of amides is 1. The molecule has 1 aromatic heterocycles. The smallest absolute Gasteiger partial charge is 0.229 e. The van der Waals surface area contributed by atoms with Gasteiger partial charge in [-0.1, -0.05) is 18.2 Å². The molecule has 1 atom stereocenters. The molecule has 0 saturated carbocycles. The molecule has 0 radical (unpaired) electrons. The van der Waals surface area contributed by atoms with Gasteiger partial charge in [0.15, 0.2) is 11.5 Å². The number of nitriles is 1. The summed E-state index contributed by atoms with van der Waals surface area (Å²) in [5, 5.41) is 15.8. The van der Waals surface area contributed by atoms with Crippen molar-refractivity contribution in [1.29, 1.82) is 5.26 Å². The van der Waals surface area contributed by atoms with E-state index in [1.165, 1.54) is 6.33 Å². The summed E-state index contributed by atoms with van der Waals surface area (Å²) < 4.78 is 13.1. The Labute approximate surface area is 161 Å². The number of rotatable bonds is 5. The van der Waals surface area contributed by atoms with Crippen molar-refractivity contribution in [3.63, 3.8) is 0 Å². The number of carbonyl (C=O) groups excluding carboxylic acids is 1. The van der Waals surface area contributed by atoms with Gasteiger partial charge in [-0.25, -0.2) is 4.68 Å². The highest BCUT2D eigenvalue weighted by Gasteiger charge is 2.28. The lowest BCUT2D eigenvalue weighted by atomic mass is 10.0. The van der Waals surface area contributed by atoms with Gasteiger partial charge in [-0.3, -0.25) is 10.1 Å². The van der Waals surface area contributed by atoms with Crippen molar-refractivity contribution in [3.05, 3.63) is 65.5 Å². The van der Waals surface area contributed by atoms with Gasteiger partial charge in [-0.15, -0.1) is 0 Å². The van der Waals surface area contributed by atoms with Gasteiger partial charge in [0.05, 0.1) is 31.2 Å². The van der Waals surface area contributed by atoms with Crippen LogP contribution in [0, 0.1) is 11.3 Å². The third-order valence-corrected chi connectivity index (χ3v) is 4.55. The SMILES string of the molecule is COc1cc([C@@H]2CC(=O)Nc3ncnn32)ccc1OCc1ccc(C#N)cc1. The Morgan fingerprint density at radius 3 is 2.82 bits per heavy atom. The van der Waals surface area contributed by atoms with Crippen LogP contribution < -0.4 is 14.8 Å². The number of benzene rings is 2. The molecule has 0 aliphatic carbocycles. The van der Waals surface area contributed by atoms with Crippen LogP contribution in [0.15, 0.2) is 48.8 Å². The standard InChI is InChI=1S/C20H17N5O3/c1-27-18-8-15(16-9-19(26)24-20-22-12-23-25(16)20)6-7-17(18)28-11-14-4-2-13(10-21)3-5-14/h2-8,12,16H,9,11H2,1H3,(H,22,23,24,26)/t16-/m0/s1. The molecule has 8 nitrogen and oxygen atoms in total. The lowest BCUT2D eigenvalue weighted by Gasteiger charge is -2.24. The predicted molar refractivity (Wildman–Crippen MR) is 99.9 cm³/mol. The molecule has 0 spiro atoms. The molecule has 3 aromatic rings. The van der Waals surface area contributed by atoms with Crippen LogP contribution in [0.3, 0.4) is 0 Å². The highest BCUT2D eigenvalue weighted by molar-refractivity contribution is 5.91. The average molecular weight is 375 g/mol. The quantitative estimate of drug-likeness (QED) is 0.736. The normalized spacial score (nSPS) is 15.3. The van der Waals surface area contributed by atoms with Crippen molar-refractivity contribution in [1.82, 2.24) is 14.8 Å². The third-order valence-electron chi connectivity index (χ3n) is 4.55. The van der Waals surface area contributed by atoms with Crippen LogP contribution in [0.25, 0.3) is 0 Å². The number of hydrogen-bond donors (Lipinski definition) is 1. The number of aromatic nitrogens is 3. The molecule has 4 rings (SSSR count). The first-order chi connectivity index (χ1) is 13.7. The third kappa shape index (κ3) is 3.38. The maximum atomic E-state index is 12.0. The fourth-order valence-corrected chi connectivity index (χ4v) is 3.11. The summed E-state index contributed by atoms with van der Waals surface area (Å²) in [5.74, 6) is 1.49. The number of fused-ring (bicyclic) bond motifs is 1. The van der Waals surface area contributed by atoms with E-state index in [4.69, 9.17) is 14.7 Å². The van der Waals surface area contributed by atoms with E-state index in [2.05, 4.69) is 21.5 Å². The minimum absolute atomic E-state index is 0.106. The number of anilines is 1. The van der Waals surface area contributed by atoms with E-state index < -0.39 is 0 Å². The van der Waals surface area contributed by atoms with E-state index in [0.29, 0.717) is 29.6 Å². The zero-order chi connectivity index (χ0) is 19.5. The molecule has 0 unspecified atom stereocenters. The van der Waals surface area contributed by atoms with Gasteiger partial charge in [-0.2, -0.15) is 15.3 Å². The first-order valence-electron chi connectivity index (χ1n) is 8.67. The molecule has 0 bridgehead atoms. The fraction of sp³-hybridized carbons (Fsp3) is 0.200. The Morgan fingerprint density at radius 1 is 1.25 bits per heavy atom.